The topological polar surface area (TPSA) is 84.9 Å². The van der Waals surface area contributed by atoms with E-state index in [0.717, 1.165) is 5.56 Å². The van der Waals surface area contributed by atoms with E-state index < -0.39 is 15.9 Å². The number of nitrogens with zero attached hydrogens (tertiary/aromatic N) is 1. The molecule has 35 heavy (non-hydrogen) atoms. The van der Waals surface area contributed by atoms with Gasteiger partial charge in [-0.1, -0.05) is 41.9 Å². The minimum atomic E-state index is -3.79. The van der Waals surface area contributed by atoms with Gasteiger partial charge in [0.1, 0.15) is 18.1 Å². The summed E-state index contributed by atoms with van der Waals surface area (Å²) in [5.41, 5.74) is 1.70. The van der Waals surface area contributed by atoms with Gasteiger partial charge in [0.25, 0.3) is 0 Å². The van der Waals surface area contributed by atoms with Crippen LogP contribution in [0.3, 0.4) is 0 Å². The molecule has 1 saturated heterocycles. The first-order chi connectivity index (χ1) is 16.9. The molecule has 0 bridgehead atoms. The van der Waals surface area contributed by atoms with Gasteiger partial charge in [0, 0.05) is 18.8 Å². The Labute approximate surface area is 210 Å². The quantitative estimate of drug-likeness (QED) is 0.459. The number of halogens is 1. The highest BCUT2D eigenvalue weighted by Crippen LogP contribution is 2.30. The fourth-order valence-corrected chi connectivity index (χ4v) is 5.82. The van der Waals surface area contributed by atoms with Crippen LogP contribution < -0.4 is 14.8 Å². The van der Waals surface area contributed by atoms with Crippen molar-refractivity contribution in [3.63, 3.8) is 0 Å². The molecule has 1 heterocycles. The second-order valence-corrected chi connectivity index (χ2v) is 10.6. The smallest absolute Gasteiger partial charge is 0.243 e. The lowest BCUT2D eigenvalue weighted by Gasteiger charge is -2.31. The molecule has 4 rings (SSSR count). The standard InChI is InChI=1S/C26H27ClN2O5S/c1-33-25-14-13-23(16-24(25)27)35(31,32)29-15-5-8-20(17-29)26(30)28-21-9-11-22(12-10-21)34-18-19-6-3-2-4-7-19/h2-4,6-7,9-14,16,20H,5,8,15,17-18H2,1H3,(H,28,30)/t20-/m0/s1. The predicted octanol–water partition coefficient (Wildman–Crippen LogP) is 4.97. The third-order valence-electron chi connectivity index (χ3n) is 5.89. The number of nitrogens with one attached hydrogen (secondary N) is 1. The summed E-state index contributed by atoms with van der Waals surface area (Å²) in [7, 11) is -2.32. The van der Waals surface area contributed by atoms with Crippen LogP contribution >= 0.6 is 11.6 Å². The Kier molecular flexibility index (Phi) is 7.95. The van der Waals surface area contributed by atoms with E-state index in [-0.39, 0.29) is 22.4 Å². The average Bonchev–Trinajstić information content (AvgIpc) is 2.89. The Morgan fingerprint density at radius 1 is 1.09 bits per heavy atom. The number of ether oxygens (including phenoxy) is 2. The molecule has 1 fully saturated rings. The molecule has 1 amide bonds. The molecule has 0 aromatic heterocycles. The minimum Gasteiger partial charge on any atom is -0.495 e. The van der Waals surface area contributed by atoms with Crippen LogP contribution in [0.4, 0.5) is 5.69 Å². The third-order valence-corrected chi connectivity index (χ3v) is 8.04. The van der Waals surface area contributed by atoms with E-state index in [1.54, 1.807) is 24.3 Å². The second kappa shape index (κ2) is 11.1. The van der Waals surface area contributed by atoms with Crippen LogP contribution in [0.2, 0.25) is 5.02 Å². The van der Waals surface area contributed by atoms with Crippen LogP contribution in [0.15, 0.2) is 77.7 Å². The number of sulfonamides is 1. The first-order valence-corrected chi connectivity index (χ1v) is 13.1. The van der Waals surface area contributed by atoms with Crippen molar-refractivity contribution in [1.29, 1.82) is 0 Å². The lowest BCUT2D eigenvalue weighted by atomic mass is 9.99. The summed E-state index contributed by atoms with van der Waals surface area (Å²) < 4.78 is 38.5. The van der Waals surface area contributed by atoms with Crippen LogP contribution in [0.5, 0.6) is 11.5 Å². The number of piperidine rings is 1. The molecular weight excluding hydrogens is 488 g/mol. The van der Waals surface area contributed by atoms with Gasteiger partial charge in [-0.25, -0.2) is 8.42 Å². The molecule has 9 heteroatoms. The van der Waals surface area contributed by atoms with Crippen LogP contribution in [0.1, 0.15) is 18.4 Å². The van der Waals surface area contributed by atoms with Crippen molar-refractivity contribution in [3.8, 4) is 11.5 Å². The molecule has 0 saturated carbocycles. The fraction of sp³-hybridized carbons (Fsp3) is 0.269. The number of amides is 1. The molecule has 7 nitrogen and oxygen atoms in total. The molecule has 184 valence electrons. The van der Waals surface area contributed by atoms with Crippen molar-refractivity contribution in [2.45, 2.75) is 24.3 Å². The monoisotopic (exact) mass is 514 g/mol. The number of methoxy groups -OCH3 is 1. The van der Waals surface area contributed by atoms with E-state index in [0.29, 0.717) is 43.2 Å². The van der Waals surface area contributed by atoms with E-state index >= 15 is 0 Å². The van der Waals surface area contributed by atoms with E-state index in [4.69, 9.17) is 21.1 Å². The zero-order valence-corrected chi connectivity index (χ0v) is 20.9. The highest BCUT2D eigenvalue weighted by molar-refractivity contribution is 7.89. The van der Waals surface area contributed by atoms with Gasteiger partial charge in [-0.05, 0) is 60.9 Å². The first-order valence-electron chi connectivity index (χ1n) is 11.3. The molecular formula is C26H27ClN2O5S. The van der Waals surface area contributed by atoms with Gasteiger partial charge in [0.15, 0.2) is 0 Å². The molecule has 1 atom stereocenters. The molecule has 1 aliphatic heterocycles. The summed E-state index contributed by atoms with van der Waals surface area (Å²) in [5, 5.41) is 3.11. The maximum Gasteiger partial charge on any atom is 0.243 e. The van der Waals surface area contributed by atoms with Crippen LogP contribution in [0, 0.1) is 5.92 Å². The van der Waals surface area contributed by atoms with Crippen molar-refractivity contribution >= 4 is 33.2 Å². The number of hydrogen-bond acceptors (Lipinski definition) is 5. The van der Waals surface area contributed by atoms with E-state index in [1.807, 2.05) is 30.3 Å². The molecule has 3 aromatic rings. The molecule has 0 unspecified atom stereocenters. The van der Waals surface area contributed by atoms with Crippen molar-refractivity contribution < 1.29 is 22.7 Å². The summed E-state index contributed by atoms with van der Waals surface area (Å²) >= 11 is 6.12. The highest BCUT2D eigenvalue weighted by atomic mass is 35.5. The zero-order valence-electron chi connectivity index (χ0n) is 19.3. The highest BCUT2D eigenvalue weighted by Gasteiger charge is 2.33. The molecule has 0 spiro atoms. The zero-order chi connectivity index (χ0) is 24.8. The number of carbonyl (C=O) groups is 1. The number of carbonyl (C=O) groups excluding carboxylic acids is 1. The average molecular weight is 515 g/mol. The first kappa shape index (κ1) is 25.0. The van der Waals surface area contributed by atoms with Gasteiger partial charge in [-0.2, -0.15) is 4.31 Å². The van der Waals surface area contributed by atoms with Crippen LogP contribution in [-0.4, -0.2) is 38.8 Å². The van der Waals surface area contributed by atoms with Gasteiger partial charge in [-0.15, -0.1) is 0 Å². The third kappa shape index (κ3) is 6.14. The summed E-state index contributed by atoms with van der Waals surface area (Å²) in [6.45, 7) is 0.914. The summed E-state index contributed by atoms with van der Waals surface area (Å²) in [6, 6.07) is 21.4. The van der Waals surface area contributed by atoms with Gasteiger partial charge >= 0.3 is 0 Å². The Morgan fingerprint density at radius 3 is 2.51 bits per heavy atom. The minimum absolute atomic E-state index is 0.0791. The Morgan fingerprint density at radius 2 is 1.83 bits per heavy atom. The Balaban J connectivity index is 1.36. The lowest BCUT2D eigenvalue weighted by Crippen LogP contribution is -2.43. The number of hydrogen-bond donors (Lipinski definition) is 1. The van der Waals surface area contributed by atoms with Gasteiger partial charge < -0.3 is 14.8 Å². The van der Waals surface area contributed by atoms with Gasteiger partial charge in [0.05, 0.1) is 22.9 Å². The van der Waals surface area contributed by atoms with Gasteiger partial charge in [-0.3, -0.25) is 4.79 Å². The van der Waals surface area contributed by atoms with Crippen molar-refractivity contribution in [2.75, 3.05) is 25.5 Å². The molecule has 1 aliphatic rings. The number of anilines is 1. The number of rotatable bonds is 8. The fourth-order valence-electron chi connectivity index (χ4n) is 3.95. The van der Waals surface area contributed by atoms with Crippen LogP contribution in [0.25, 0.3) is 0 Å². The number of benzene rings is 3. The van der Waals surface area contributed by atoms with Crippen molar-refractivity contribution in [3.05, 3.63) is 83.4 Å². The molecule has 0 aliphatic carbocycles. The Bertz CT molecular complexity index is 1270. The Hall–Kier alpha value is -3.07. The van der Waals surface area contributed by atoms with Gasteiger partial charge in [0.2, 0.25) is 15.9 Å². The maximum absolute atomic E-state index is 13.1. The second-order valence-electron chi connectivity index (χ2n) is 8.29. The van der Waals surface area contributed by atoms with Crippen LogP contribution in [-0.2, 0) is 21.4 Å². The molecule has 0 radical (unpaired) electrons. The molecule has 1 N–H and O–H groups in total. The SMILES string of the molecule is COc1ccc(S(=O)(=O)N2CCC[C@H](C(=O)Nc3ccc(OCc4ccccc4)cc3)C2)cc1Cl. The van der Waals surface area contributed by atoms with Crippen molar-refractivity contribution in [2.24, 2.45) is 5.92 Å². The van der Waals surface area contributed by atoms with E-state index in [1.165, 1.54) is 29.6 Å². The summed E-state index contributed by atoms with van der Waals surface area (Å²) in [4.78, 5) is 13.0. The predicted molar refractivity (Wildman–Crippen MR) is 135 cm³/mol. The summed E-state index contributed by atoms with van der Waals surface area (Å²) in [6.07, 6.45) is 1.20. The largest absolute Gasteiger partial charge is 0.495 e. The van der Waals surface area contributed by atoms with E-state index in [9.17, 15) is 13.2 Å². The van der Waals surface area contributed by atoms with Crippen molar-refractivity contribution in [1.82, 2.24) is 4.31 Å². The summed E-state index contributed by atoms with van der Waals surface area (Å²) in [5.74, 6) is 0.426. The van der Waals surface area contributed by atoms with E-state index in [2.05, 4.69) is 5.32 Å². The molecule has 3 aromatic carbocycles. The lowest BCUT2D eigenvalue weighted by molar-refractivity contribution is -0.120. The maximum atomic E-state index is 13.1. The normalized spacial score (nSPS) is 16.5.